The Morgan fingerprint density at radius 3 is 3.06 bits per heavy atom. The molecule has 0 radical (unpaired) electrons. The van der Waals surface area contributed by atoms with Crippen molar-refractivity contribution in [1.29, 1.82) is 0 Å². The van der Waals surface area contributed by atoms with E-state index >= 15 is 0 Å². The van der Waals surface area contributed by atoms with Crippen LogP contribution in [-0.2, 0) is 6.42 Å². The van der Waals surface area contributed by atoms with E-state index in [2.05, 4.69) is 12.2 Å². The van der Waals surface area contributed by atoms with Crippen molar-refractivity contribution >= 4 is 11.6 Å². The molecule has 1 atom stereocenters. The average molecular weight is 254 g/mol. The predicted molar refractivity (Wildman–Crippen MR) is 71.9 cm³/mol. The molecule has 94 valence electrons. The third-order valence-electron chi connectivity index (χ3n) is 3.28. The van der Waals surface area contributed by atoms with Crippen molar-refractivity contribution in [3.8, 4) is 5.75 Å². The molecule has 17 heavy (non-hydrogen) atoms. The van der Waals surface area contributed by atoms with E-state index in [-0.39, 0.29) is 0 Å². The Kier molecular flexibility index (Phi) is 4.69. The molecule has 0 saturated carbocycles. The van der Waals surface area contributed by atoms with E-state index in [0.717, 1.165) is 36.9 Å². The van der Waals surface area contributed by atoms with Gasteiger partial charge in [0.25, 0.3) is 0 Å². The number of nitrogens with one attached hydrogen (secondary N) is 1. The van der Waals surface area contributed by atoms with Gasteiger partial charge in [-0.25, -0.2) is 0 Å². The molecule has 2 rings (SSSR count). The molecular formula is C14H20ClNO. The van der Waals surface area contributed by atoms with Crippen LogP contribution in [0.25, 0.3) is 0 Å². The van der Waals surface area contributed by atoms with Crippen LogP contribution in [0.4, 0.5) is 0 Å². The number of hydrogen-bond donors (Lipinski definition) is 1. The van der Waals surface area contributed by atoms with E-state index in [1.807, 2.05) is 18.2 Å². The monoisotopic (exact) mass is 253 g/mol. The summed E-state index contributed by atoms with van der Waals surface area (Å²) in [5, 5.41) is 4.19. The lowest BCUT2D eigenvalue weighted by Gasteiger charge is -2.23. The van der Waals surface area contributed by atoms with Gasteiger partial charge in [-0.15, -0.1) is 0 Å². The minimum atomic E-state index is 0.643. The second-order valence-electron chi connectivity index (χ2n) is 4.63. The fourth-order valence-corrected chi connectivity index (χ4v) is 2.43. The second kappa shape index (κ2) is 6.27. The zero-order valence-electron chi connectivity index (χ0n) is 10.3. The van der Waals surface area contributed by atoms with E-state index in [1.165, 1.54) is 18.4 Å². The van der Waals surface area contributed by atoms with Gasteiger partial charge in [0, 0.05) is 17.5 Å². The van der Waals surface area contributed by atoms with Crippen LogP contribution in [0.15, 0.2) is 18.2 Å². The number of hydrogen-bond acceptors (Lipinski definition) is 2. The van der Waals surface area contributed by atoms with Gasteiger partial charge in [-0.1, -0.05) is 18.5 Å². The second-order valence-corrected chi connectivity index (χ2v) is 5.07. The average Bonchev–Trinajstić information content (AvgIpc) is 2.38. The van der Waals surface area contributed by atoms with Crippen molar-refractivity contribution in [2.45, 2.75) is 26.2 Å². The van der Waals surface area contributed by atoms with Crippen LogP contribution >= 0.6 is 11.6 Å². The van der Waals surface area contributed by atoms with Crippen molar-refractivity contribution in [2.75, 3.05) is 19.7 Å². The molecule has 1 heterocycles. The Labute approximate surface area is 108 Å². The summed E-state index contributed by atoms with van der Waals surface area (Å²) >= 11 is 5.98. The molecule has 1 aliphatic heterocycles. The van der Waals surface area contributed by atoms with Crippen LogP contribution in [0.3, 0.4) is 0 Å². The van der Waals surface area contributed by atoms with Crippen LogP contribution in [0.1, 0.15) is 25.3 Å². The van der Waals surface area contributed by atoms with Gasteiger partial charge < -0.3 is 10.1 Å². The van der Waals surface area contributed by atoms with Gasteiger partial charge in [0.2, 0.25) is 0 Å². The van der Waals surface area contributed by atoms with Gasteiger partial charge >= 0.3 is 0 Å². The van der Waals surface area contributed by atoms with Crippen LogP contribution in [0.2, 0.25) is 5.02 Å². The number of ether oxygens (including phenoxy) is 1. The maximum atomic E-state index is 5.98. The molecule has 0 aromatic heterocycles. The normalized spacial score (nSPS) is 20.2. The summed E-state index contributed by atoms with van der Waals surface area (Å²) in [6.07, 6.45) is 3.48. The third-order valence-corrected chi connectivity index (χ3v) is 3.51. The Bertz CT molecular complexity index is 361. The minimum absolute atomic E-state index is 0.643. The molecule has 0 unspecified atom stereocenters. The maximum absolute atomic E-state index is 5.98. The van der Waals surface area contributed by atoms with E-state index in [4.69, 9.17) is 16.3 Å². The standard InChI is InChI=1S/C14H20ClNO/c1-2-12-8-13(15)5-6-14(12)17-10-11-4-3-7-16-9-11/h5-6,8,11,16H,2-4,7,9-10H2,1H3/t11-/m0/s1. The van der Waals surface area contributed by atoms with E-state index in [9.17, 15) is 0 Å². The summed E-state index contributed by atoms with van der Waals surface area (Å²) in [6.45, 7) is 5.16. The molecule has 1 aromatic rings. The molecule has 1 aliphatic rings. The van der Waals surface area contributed by atoms with Gasteiger partial charge in [0.1, 0.15) is 5.75 Å². The van der Waals surface area contributed by atoms with Crippen molar-refractivity contribution < 1.29 is 4.74 Å². The summed E-state index contributed by atoms with van der Waals surface area (Å²) in [6, 6.07) is 5.88. The molecule has 1 N–H and O–H groups in total. The summed E-state index contributed by atoms with van der Waals surface area (Å²) in [5.41, 5.74) is 1.20. The van der Waals surface area contributed by atoms with Gasteiger partial charge in [-0.3, -0.25) is 0 Å². The van der Waals surface area contributed by atoms with E-state index < -0.39 is 0 Å². The highest BCUT2D eigenvalue weighted by molar-refractivity contribution is 6.30. The fourth-order valence-electron chi connectivity index (χ4n) is 2.24. The number of rotatable bonds is 4. The lowest BCUT2D eigenvalue weighted by atomic mass is 10.0. The van der Waals surface area contributed by atoms with Gasteiger partial charge in [-0.05, 0) is 49.6 Å². The molecule has 0 spiro atoms. The predicted octanol–water partition coefficient (Wildman–Crippen LogP) is 3.28. The molecule has 2 nitrogen and oxygen atoms in total. The molecule has 0 aliphatic carbocycles. The first-order valence-electron chi connectivity index (χ1n) is 6.41. The van der Waals surface area contributed by atoms with Gasteiger partial charge in [0.15, 0.2) is 0 Å². The van der Waals surface area contributed by atoms with E-state index in [0.29, 0.717) is 5.92 Å². The van der Waals surface area contributed by atoms with Crippen molar-refractivity contribution in [1.82, 2.24) is 5.32 Å². The fraction of sp³-hybridized carbons (Fsp3) is 0.571. The Balaban J connectivity index is 1.93. The summed E-state index contributed by atoms with van der Waals surface area (Å²) in [7, 11) is 0. The largest absolute Gasteiger partial charge is 0.493 e. The molecule has 1 saturated heterocycles. The number of halogens is 1. The lowest BCUT2D eigenvalue weighted by molar-refractivity contribution is 0.217. The SMILES string of the molecule is CCc1cc(Cl)ccc1OC[C@H]1CCCNC1. The first-order chi connectivity index (χ1) is 8.29. The van der Waals surface area contributed by atoms with Crippen LogP contribution in [0, 0.1) is 5.92 Å². The highest BCUT2D eigenvalue weighted by Gasteiger charge is 2.14. The first-order valence-corrected chi connectivity index (χ1v) is 6.79. The number of aryl methyl sites for hydroxylation is 1. The summed E-state index contributed by atoms with van der Waals surface area (Å²) < 4.78 is 5.92. The lowest BCUT2D eigenvalue weighted by Crippen LogP contribution is -2.33. The Morgan fingerprint density at radius 1 is 1.47 bits per heavy atom. The first kappa shape index (κ1) is 12.7. The highest BCUT2D eigenvalue weighted by Crippen LogP contribution is 2.24. The molecular weight excluding hydrogens is 234 g/mol. The molecule has 0 bridgehead atoms. The number of benzene rings is 1. The maximum Gasteiger partial charge on any atom is 0.122 e. The Hall–Kier alpha value is -0.730. The van der Waals surface area contributed by atoms with Crippen molar-refractivity contribution in [3.05, 3.63) is 28.8 Å². The van der Waals surface area contributed by atoms with Gasteiger partial charge in [-0.2, -0.15) is 0 Å². The van der Waals surface area contributed by atoms with Crippen molar-refractivity contribution in [2.24, 2.45) is 5.92 Å². The van der Waals surface area contributed by atoms with Crippen LogP contribution in [-0.4, -0.2) is 19.7 Å². The van der Waals surface area contributed by atoms with E-state index in [1.54, 1.807) is 0 Å². The zero-order chi connectivity index (χ0) is 12.1. The van der Waals surface area contributed by atoms with Crippen LogP contribution in [0.5, 0.6) is 5.75 Å². The van der Waals surface area contributed by atoms with Gasteiger partial charge in [0.05, 0.1) is 6.61 Å². The number of piperidine rings is 1. The molecule has 1 fully saturated rings. The third kappa shape index (κ3) is 3.62. The minimum Gasteiger partial charge on any atom is -0.493 e. The molecule has 0 amide bonds. The Morgan fingerprint density at radius 2 is 2.35 bits per heavy atom. The summed E-state index contributed by atoms with van der Waals surface area (Å²) in [5.74, 6) is 1.63. The quantitative estimate of drug-likeness (QED) is 0.889. The molecule has 1 aromatic carbocycles. The smallest absolute Gasteiger partial charge is 0.122 e. The topological polar surface area (TPSA) is 21.3 Å². The van der Waals surface area contributed by atoms with Crippen molar-refractivity contribution in [3.63, 3.8) is 0 Å². The highest BCUT2D eigenvalue weighted by atomic mass is 35.5. The molecule has 3 heteroatoms. The zero-order valence-corrected chi connectivity index (χ0v) is 11.1. The summed E-state index contributed by atoms with van der Waals surface area (Å²) in [4.78, 5) is 0. The van der Waals surface area contributed by atoms with Crippen LogP contribution < -0.4 is 10.1 Å².